The highest BCUT2D eigenvalue weighted by atomic mass is 16.5. The van der Waals surface area contributed by atoms with Gasteiger partial charge in [-0.1, -0.05) is 12.1 Å². The van der Waals surface area contributed by atoms with E-state index >= 15 is 0 Å². The molecule has 1 fully saturated rings. The van der Waals surface area contributed by atoms with E-state index in [4.69, 9.17) is 14.6 Å². The first-order chi connectivity index (χ1) is 10.7. The molecule has 5 nitrogen and oxygen atoms in total. The van der Waals surface area contributed by atoms with Crippen LogP contribution >= 0.6 is 0 Å². The van der Waals surface area contributed by atoms with Gasteiger partial charge in [0.2, 0.25) is 0 Å². The first-order valence-electron chi connectivity index (χ1n) is 7.86. The molecule has 122 valence electrons. The van der Waals surface area contributed by atoms with E-state index in [9.17, 15) is 4.79 Å². The van der Waals surface area contributed by atoms with Crippen molar-refractivity contribution in [3.8, 4) is 5.75 Å². The van der Waals surface area contributed by atoms with Crippen LogP contribution in [0.15, 0.2) is 24.3 Å². The molecule has 1 aromatic carbocycles. The van der Waals surface area contributed by atoms with E-state index in [-0.39, 0.29) is 5.92 Å². The largest absolute Gasteiger partial charge is 0.491 e. The summed E-state index contributed by atoms with van der Waals surface area (Å²) in [6, 6.07) is 8.44. The summed E-state index contributed by atoms with van der Waals surface area (Å²) in [6.07, 6.45) is 3.41. The fourth-order valence-corrected chi connectivity index (χ4v) is 2.79. The van der Waals surface area contributed by atoms with Gasteiger partial charge in [-0.2, -0.15) is 0 Å². The number of carboxylic acid groups (broad SMARTS) is 1. The van der Waals surface area contributed by atoms with E-state index in [1.54, 1.807) is 7.11 Å². The minimum atomic E-state index is -0.653. The number of aliphatic carboxylic acids is 1. The fourth-order valence-electron chi connectivity index (χ4n) is 2.79. The second-order valence-corrected chi connectivity index (χ2v) is 5.76. The second kappa shape index (κ2) is 8.76. The van der Waals surface area contributed by atoms with E-state index in [0.29, 0.717) is 19.3 Å². The Balaban J connectivity index is 1.75. The van der Waals surface area contributed by atoms with Crippen LogP contribution in [0.2, 0.25) is 0 Å². The molecule has 0 spiro atoms. The van der Waals surface area contributed by atoms with E-state index < -0.39 is 5.97 Å². The van der Waals surface area contributed by atoms with Gasteiger partial charge in [-0.05, 0) is 43.4 Å². The Hall–Kier alpha value is -1.59. The molecule has 0 aromatic heterocycles. The van der Waals surface area contributed by atoms with E-state index in [1.165, 1.54) is 5.56 Å². The number of benzene rings is 1. The van der Waals surface area contributed by atoms with Crippen molar-refractivity contribution in [2.75, 3.05) is 20.3 Å². The Bertz CT molecular complexity index is 469. The van der Waals surface area contributed by atoms with Crippen molar-refractivity contribution < 1.29 is 19.4 Å². The van der Waals surface area contributed by atoms with E-state index in [0.717, 1.165) is 38.0 Å². The third-order valence-electron chi connectivity index (χ3n) is 4.13. The molecule has 1 aromatic rings. The topological polar surface area (TPSA) is 67.8 Å². The predicted molar refractivity (Wildman–Crippen MR) is 84.0 cm³/mol. The van der Waals surface area contributed by atoms with Crippen LogP contribution in [-0.4, -0.2) is 37.4 Å². The van der Waals surface area contributed by atoms with Crippen molar-refractivity contribution in [3.05, 3.63) is 29.8 Å². The quantitative estimate of drug-likeness (QED) is 0.722. The standard InChI is InChI=1S/C17H25NO4/c1-21-9-10-22-16-4-2-3-13(11-16)12-18-15-7-5-14(6-8-15)17(19)20/h2-4,11,14-15,18H,5-10,12H2,1H3,(H,19,20). The smallest absolute Gasteiger partial charge is 0.306 e. The maximum absolute atomic E-state index is 10.9. The molecule has 1 aliphatic carbocycles. The Kier molecular flexibility index (Phi) is 6.68. The molecule has 2 rings (SSSR count). The third-order valence-corrected chi connectivity index (χ3v) is 4.13. The van der Waals surface area contributed by atoms with Crippen LogP contribution in [0.5, 0.6) is 5.75 Å². The van der Waals surface area contributed by atoms with Gasteiger partial charge in [0.05, 0.1) is 12.5 Å². The molecule has 0 amide bonds. The molecule has 0 bridgehead atoms. The van der Waals surface area contributed by atoms with Crippen molar-refractivity contribution in [1.82, 2.24) is 5.32 Å². The lowest BCUT2D eigenvalue weighted by molar-refractivity contribution is -0.142. The maximum Gasteiger partial charge on any atom is 0.306 e. The van der Waals surface area contributed by atoms with Crippen LogP contribution in [0.1, 0.15) is 31.2 Å². The molecular formula is C17H25NO4. The van der Waals surface area contributed by atoms with Crippen molar-refractivity contribution in [2.45, 2.75) is 38.3 Å². The zero-order chi connectivity index (χ0) is 15.8. The van der Waals surface area contributed by atoms with Crippen LogP contribution in [0.25, 0.3) is 0 Å². The van der Waals surface area contributed by atoms with Gasteiger partial charge in [-0.15, -0.1) is 0 Å². The monoisotopic (exact) mass is 307 g/mol. The van der Waals surface area contributed by atoms with Crippen molar-refractivity contribution in [1.29, 1.82) is 0 Å². The summed E-state index contributed by atoms with van der Waals surface area (Å²) < 4.78 is 10.6. The molecule has 22 heavy (non-hydrogen) atoms. The molecule has 0 unspecified atom stereocenters. The molecule has 0 saturated heterocycles. The van der Waals surface area contributed by atoms with Crippen LogP contribution in [0, 0.1) is 5.92 Å². The maximum atomic E-state index is 10.9. The highest BCUT2D eigenvalue weighted by molar-refractivity contribution is 5.70. The first kappa shape index (κ1) is 16.8. The normalized spacial score (nSPS) is 21.5. The molecular weight excluding hydrogens is 282 g/mol. The minimum absolute atomic E-state index is 0.157. The van der Waals surface area contributed by atoms with Crippen LogP contribution in [0.4, 0.5) is 0 Å². The summed E-state index contributed by atoms with van der Waals surface area (Å²) >= 11 is 0. The van der Waals surface area contributed by atoms with Crippen LogP contribution in [0.3, 0.4) is 0 Å². The first-order valence-corrected chi connectivity index (χ1v) is 7.86. The van der Waals surface area contributed by atoms with Crippen molar-refractivity contribution in [2.24, 2.45) is 5.92 Å². The zero-order valence-electron chi connectivity index (χ0n) is 13.1. The molecule has 0 radical (unpaired) electrons. The zero-order valence-corrected chi connectivity index (χ0v) is 13.1. The van der Waals surface area contributed by atoms with Gasteiger partial charge >= 0.3 is 5.97 Å². The third kappa shape index (κ3) is 5.31. The summed E-state index contributed by atoms with van der Waals surface area (Å²) in [5.74, 6) is 0.0425. The SMILES string of the molecule is COCCOc1cccc(CNC2CCC(C(=O)O)CC2)c1. The van der Waals surface area contributed by atoms with Crippen molar-refractivity contribution in [3.63, 3.8) is 0 Å². The summed E-state index contributed by atoms with van der Waals surface area (Å²) in [7, 11) is 1.66. The molecule has 1 aliphatic rings. The highest BCUT2D eigenvalue weighted by Crippen LogP contribution is 2.24. The summed E-state index contributed by atoms with van der Waals surface area (Å²) in [6.45, 7) is 1.91. The predicted octanol–water partition coefficient (Wildman–Crippen LogP) is 2.44. The Labute approximate surface area is 131 Å². The minimum Gasteiger partial charge on any atom is -0.491 e. The number of nitrogens with one attached hydrogen (secondary N) is 1. The van der Waals surface area contributed by atoms with E-state index in [2.05, 4.69) is 11.4 Å². The number of hydrogen-bond donors (Lipinski definition) is 2. The summed E-state index contributed by atoms with van der Waals surface area (Å²) in [5.41, 5.74) is 1.18. The molecule has 5 heteroatoms. The number of carbonyl (C=O) groups is 1. The Morgan fingerprint density at radius 2 is 2.05 bits per heavy atom. The lowest BCUT2D eigenvalue weighted by Crippen LogP contribution is -2.34. The lowest BCUT2D eigenvalue weighted by atomic mass is 9.86. The second-order valence-electron chi connectivity index (χ2n) is 5.76. The summed E-state index contributed by atoms with van der Waals surface area (Å²) in [4.78, 5) is 10.9. The average Bonchev–Trinajstić information content (AvgIpc) is 2.54. The molecule has 0 aliphatic heterocycles. The molecule has 2 N–H and O–H groups in total. The highest BCUT2D eigenvalue weighted by Gasteiger charge is 2.25. The molecule has 0 heterocycles. The van der Waals surface area contributed by atoms with Gasteiger partial charge in [0, 0.05) is 19.7 Å². The van der Waals surface area contributed by atoms with Gasteiger partial charge in [0.1, 0.15) is 12.4 Å². The van der Waals surface area contributed by atoms with Crippen molar-refractivity contribution >= 4 is 5.97 Å². The Morgan fingerprint density at radius 3 is 2.73 bits per heavy atom. The Morgan fingerprint density at radius 1 is 1.27 bits per heavy atom. The molecule has 1 saturated carbocycles. The van der Waals surface area contributed by atoms with Gasteiger partial charge < -0.3 is 19.9 Å². The average molecular weight is 307 g/mol. The number of ether oxygens (including phenoxy) is 2. The van der Waals surface area contributed by atoms with Gasteiger partial charge in [-0.3, -0.25) is 4.79 Å². The fraction of sp³-hybridized carbons (Fsp3) is 0.588. The van der Waals surface area contributed by atoms with Gasteiger partial charge in [0.25, 0.3) is 0 Å². The number of rotatable bonds is 8. The number of methoxy groups -OCH3 is 1. The van der Waals surface area contributed by atoms with Crippen LogP contribution in [-0.2, 0) is 16.1 Å². The molecule has 0 atom stereocenters. The van der Waals surface area contributed by atoms with Gasteiger partial charge in [0.15, 0.2) is 0 Å². The number of carboxylic acids is 1. The van der Waals surface area contributed by atoms with Crippen LogP contribution < -0.4 is 10.1 Å². The lowest BCUT2D eigenvalue weighted by Gasteiger charge is -2.27. The van der Waals surface area contributed by atoms with Gasteiger partial charge in [-0.25, -0.2) is 0 Å². The van der Waals surface area contributed by atoms with E-state index in [1.807, 2.05) is 18.2 Å². The number of hydrogen-bond acceptors (Lipinski definition) is 4. The summed E-state index contributed by atoms with van der Waals surface area (Å²) in [5, 5.41) is 12.5.